The number of nitro groups is 1. The molecule has 2 aromatic rings. The number of carbonyl (C=O) groups excluding carboxylic acids is 2. The van der Waals surface area contributed by atoms with Crippen LogP contribution in [0.1, 0.15) is 41.6 Å². The molecule has 1 aliphatic rings. The quantitative estimate of drug-likeness (QED) is 0.470. The predicted octanol–water partition coefficient (Wildman–Crippen LogP) is 3.32. The predicted molar refractivity (Wildman–Crippen MR) is 129 cm³/mol. The third kappa shape index (κ3) is 6.10. The maximum absolute atomic E-state index is 13.1. The van der Waals surface area contributed by atoms with Gasteiger partial charge in [0, 0.05) is 25.2 Å². The van der Waals surface area contributed by atoms with E-state index in [-0.39, 0.29) is 23.0 Å². The first-order valence-corrected chi connectivity index (χ1v) is 12.8. The first kappa shape index (κ1) is 25.2. The maximum Gasteiger partial charge on any atom is 0.271 e. The molecule has 11 heteroatoms. The standard InChI is InChI=1S/C23H28N4O6S/c1-17-11-12-18(27(30)31)15-21(17)26(34(2,32)33)16-22(28)24-20-10-6-5-9-19(20)23(29)25-13-7-3-4-8-14-25/h5-6,9-12,15H,3-4,7-8,13-14,16H2,1-2H3,(H,24,28). The Morgan fingerprint density at radius 1 is 1.09 bits per heavy atom. The minimum Gasteiger partial charge on any atom is -0.339 e. The second kappa shape index (κ2) is 10.6. The summed E-state index contributed by atoms with van der Waals surface area (Å²) >= 11 is 0. The minimum absolute atomic E-state index is 0.0424. The van der Waals surface area contributed by atoms with Crippen LogP contribution in [0.25, 0.3) is 0 Å². The molecule has 182 valence electrons. The average Bonchev–Trinajstić information content (AvgIpc) is 3.07. The largest absolute Gasteiger partial charge is 0.339 e. The summed E-state index contributed by atoms with van der Waals surface area (Å²) in [6.45, 7) is 2.29. The van der Waals surface area contributed by atoms with Crippen molar-refractivity contribution in [3.63, 3.8) is 0 Å². The Balaban J connectivity index is 1.85. The number of amides is 2. The van der Waals surface area contributed by atoms with Crippen molar-refractivity contribution in [2.75, 3.05) is 35.5 Å². The summed E-state index contributed by atoms with van der Waals surface area (Å²) < 4.78 is 25.8. The van der Waals surface area contributed by atoms with Gasteiger partial charge in [-0.3, -0.25) is 24.0 Å². The van der Waals surface area contributed by atoms with E-state index in [9.17, 15) is 28.1 Å². The van der Waals surface area contributed by atoms with E-state index in [1.54, 1.807) is 36.1 Å². The second-order valence-electron chi connectivity index (χ2n) is 8.30. The molecule has 0 radical (unpaired) electrons. The number of aryl methyl sites for hydroxylation is 1. The van der Waals surface area contributed by atoms with Crippen LogP contribution in [-0.4, -0.2) is 55.9 Å². The fraction of sp³-hybridized carbons (Fsp3) is 0.391. The van der Waals surface area contributed by atoms with Crippen LogP contribution < -0.4 is 9.62 Å². The fourth-order valence-corrected chi connectivity index (χ4v) is 4.81. The first-order chi connectivity index (χ1) is 16.1. The van der Waals surface area contributed by atoms with Crippen LogP contribution in [0.3, 0.4) is 0 Å². The van der Waals surface area contributed by atoms with E-state index in [0.717, 1.165) is 42.3 Å². The van der Waals surface area contributed by atoms with E-state index in [4.69, 9.17) is 0 Å². The van der Waals surface area contributed by atoms with Crippen molar-refractivity contribution in [3.05, 3.63) is 63.7 Å². The second-order valence-corrected chi connectivity index (χ2v) is 10.2. The molecule has 1 heterocycles. The van der Waals surface area contributed by atoms with Gasteiger partial charge in [-0.25, -0.2) is 8.42 Å². The van der Waals surface area contributed by atoms with Crippen molar-refractivity contribution in [3.8, 4) is 0 Å². The Kier molecular flexibility index (Phi) is 7.87. The van der Waals surface area contributed by atoms with Crippen LogP contribution in [0, 0.1) is 17.0 Å². The van der Waals surface area contributed by atoms with Crippen LogP contribution in [0.2, 0.25) is 0 Å². The van der Waals surface area contributed by atoms with E-state index in [1.165, 1.54) is 12.1 Å². The summed E-state index contributed by atoms with van der Waals surface area (Å²) in [6.07, 6.45) is 4.91. The van der Waals surface area contributed by atoms with Gasteiger partial charge in [-0.1, -0.05) is 31.0 Å². The zero-order valence-corrected chi connectivity index (χ0v) is 20.0. The molecule has 10 nitrogen and oxygen atoms in total. The molecule has 0 unspecified atom stereocenters. The summed E-state index contributed by atoms with van der Waals surface area (Å²) in [6, 6.07) is 10.4. The van der Waals surface area contributed by atoms with Crippen LogP contribution in [-0.2, 0) is 14.8 Å². The highest BCUT2D eigenvalue weighted by molar-refractivity contribution is 7.92. The van der Waals surface area contributed by atoms with Crippen molar-refractivity contribution in [2.45, 2.75) is 32.6 Å². The lowest BCUT2D eigenvalue weighted by Crippen LogP contribution is -2.38. The number of nitrogens with one attached hydrogen (secondary N) is 1. The van der Waals surface area contributed by atoms with E-state index in [2.05, 4.69) is 5.32 Å². The highest BCUT2D eigenvalue weighted by atomic mass is 32.2. The monoisotopic (exact) mass is 488 g/mol. The molecule has 34 heavy (non-hydrogen) atoms. The third-order valence-corrected chi connectivity index (χ3v) is 6.81. The number of nitrogens with zero attached hydrogens (tertiary/aromatic N) is 3. The number of carbonyl (C=O) groups is 2. The van der Waals surface area contributed by atoms with Crippen molar-refractivity contribution in [2.24, 2.45) is 0 Å². The zero-order valence-electron chi connectivity index (χ0n) is 19.2. The summed E-state index contributed by atoms with van der Waals surface area (Å²) in [5.74, 6) is -0.861. The van der Waals surface area contributed by atoms with Crippen molar-refractivity contribution in [1.29, 1.82) is 0 Å². The number of sulfonamides is 1. The van der Waals surface area contributed by atoms with E-state index in [1.807, 2.05) is 0 Å². The Morgan fingerprint density at radius 3 is 2.35 bits per heavy atom. The molecule has 2 aromatic carbocycles. The van der Waals surface area contributed by atoms with Gasteiger partial charge in [0.25, 0.3) is 11.6 Å². The molecule has 2 amide bonds. The topological polar surface area (TPSA) is 130 Å². The highest BCUT2D eigenvalue weighted by Crippen LogP contribution is 2.28. The molecule has 0 saturated carbocycles. The lowest BCUT2D eigenvalue weighted by molar-refractivity contribution is -0.384. The lowest BCUT2D eigenvalue weighted by Gasteiger charge is -2.24. The van der Waals surface area contributed by atoms with E-state index in [0.29, 0.717) is 24.2 Å². The van der Waals surface area contributed by atoms with E-state index >= 15 is 0 Å². The van der Waals surface area contributed by atoms with Gasteiger partial charge in [0.15, 0.2) is 0 Å². The molecule has 0 atom stereocenters. The number of nitro benzene ring substituents is 1. The SMILES string of the molecule is Cc1ccc([N+](=O)[O-])cc1N(CC(=O)Nc1ccccc1C(=O)N1CCCCCC1)S(C)(=O)=O. The summed E-state index contributed by atoms with van der Waals surface area (Å²) in [4.78, 5) is 38.3. The summed E-state index contributed by atoms with van der Waals surface area (Å²) in [7, 11) is -3.94. The Hall–Kier alpha value is -3.47. The van der Waals surface area contributed by atoms with Gasteiger partial charge >= 0.3 is 0 Å². The molecule has 1 aliphatic heterocycles. The van der Waals surface area contributed by atoms with Gasteiger partial charge in [-0.15, -0.1) is 0 Å². The number of likely N-dealkylation sites (tertiary alicyclic amines) is 1. The number of hydrogen-bond acceptors (Lipinski definition) is 6. The lowest BCUT2D eigenvalue weighted by atomic mass is 10.1. The number of para-hydroxylation sites is 1. The van der Waals surface area contributed by atoms with Crippen molar-refractivity contribution >= 4 is 38.9 Å². The fourth-order valence-electron chi connectivity index (χ4n) is 3.90. The van der Waals surface area contributed by atoms with Crippen LogP contribution in [0.15, 0.2) is 42.5 Å². The maximum atomic E-state index is 13.1. The van der Waals surface area contributed by atoms with Gasteiger partial charge in [0.1, 0.15) is 6.54 Å². The van der Waals surface area contributed by atoms with Crippen LogP contribution >= 0.6 is 0 Å². The molecule has 0 bridgehead atoms. The van der Waals surface area contributed by atoms with Gasteiger partial charge in [-0.2, -0.15) is 0 Å². The molecule has 1 saturated heterocycles. The van der Waals surface area contributed by atoms with Crippen LogP contribution in [0.4, 0.5) is 17.1 Å². The summed E-state index contributed by atoms with van der Waals surface area (Å²) in [5.41, 5.74) is 0.825. The molecular weight excluding hydrogens is 460 g/mol. The molecule has 0 spiro atoms. The molecule has 0 aliphatic carbocycles. The summed E-state index contributed by atoms with van der Waals surface area (Å²) in [5, 5.41) is 13.8. The number of anilines is 2. The van der Waals surface area contributed by atoms with Gasteiger partial charge in [0.05, 0.1) is 28.1 Å². The number of benzene rings is 2. The normalized spacial score (nSPS) is 14.2. The van der Waals surface area contributed by atoms with Crippen molar-refractivity contribution < 1.29 is 22.9 Å². The number of rotatable bonds is 7. The zero-order chi connectivity index (χ0) is 24.9. The Labute approximate surface area is 198 Å². The molecule has 1 N–H and O–H groups in total. The van der Waals surface area contributed by atoms with Gasteiger partial charge in [0.2, 0.25) is 15.9 Å². The van der Waals surface area contributed by atoms with Crippen LogP contribution in [0.5, 0.6) is 0 Å². The average molecular weight is 489 g/mol. The minimum atomic E-state index is -3.94. The van der Waals surface area contributed by atoms with Gasteiger partial charge in [-0.05, 0) is 37.5 Å². The Morgan fingerprint density at radius 2 is 1.74 bits per heavy atom. The van der Waals surface area contributed by atoms with Crippen molar-refractivity contribution in [1.82, 2.24) is 4.90 Å². The molecule has 3 rings (SSSR count). The first-order valence-electron chi connectivity index (χ1n) is 11.0. The number of non-ortho nitro benzene ring substituents is 1. The molecule has 0 aromatic heterocycles. The Bertz CT molecular complexity index is 1190. The van der Waals surface area contributed by atoms with E-state index < -0.39 is 27.4 Å². The van der Waals surface area contributed by atoms with Gasteiger partial charge < -0.3 is 10.2 Å². The highest BCUT2D eigenvalue weighted by Gasteiger charge is 2.26. The smallest absolute Gasteiger partial charge is 0.271 e. The molecule has 1 fully saturated rings. The molecular formula is C23H28N4O6S. The third-order valence-electron chi connectivity index (χ3n) is 5.68. The number of hydrogen-bond donors (Lipinski definition) is 1.